The third-order valence-corrected chi connectivity index (χ3v) is 3.89. The van der Waals surface area contributed by atoms with Crippen LogP contribution in [0.1, 0.15) is 22.7 Å². The van der Waals surface area contributed by atoms with Gasteiger partial charge in [-0.2, -0.15) is 0 Å². The molecule has 102 valence electrons. The van der Waals surface area contributed by atoms with Gasteiger partial charge in [-0.15, -0.1) is 0 Å². The van der Waals surface area contributed by atoms with E-state index in [4.69, 9.17) is 9.47 Å². The van der Waals surface area contributed by atoms with Gasteiger partial charge in [0.1, 0.15) is 5.82 Å². The van der Waals surface area contributed by atoms with Gasteiger partial charge in [0.05, 0.1) is 6.04 Å². The Bertz CT molecular complexity index is 654. The molecule has 0 amide bonds. The van der Waals surface area contributed by atoms with E-state index in [0.717, 1.165) is 30.0 Å². The van der Waals surface area contributed by atoms with Crippen LogP contribution in [0.3, 0.4) is 0 Å². The molecule has 2 aliphatic rings. The molecule has 0 aliphatic carbocycles. The summed E-state index contributed by atoms with van der Waals surface area (Å²) in [5.74, 6) is 1.40. The summed E-state index contributed by atoms with van der Waals surface area (Å²) in [5.41, 5.74) is 3.51. The lowest BCUT2D eigenvalue weighted by atomic mass is 9.89. The van der Waals surface area contributed by atoms with E-state index in [1.165, 1.54) is 23.3 Å². The van der Waals surface area contributed by atoms with Crippen LogP contribution in [-0.4, -0.2) is 13.3 Å². The van der Waals surface area contributed by atoms with Crippen molar-refractivity contribution in [2.75, 3.05) is 13.3 Å². The van der Waals surface area contributed by atoms with Gasteiger partial charge in [-0.05, 0) is 47.4 Å². The molecule has 0 aromatic heterocycles. The molecule has 0 bridgehead atoms. The van der Waals surface area contributed by atoms with Gasteiger partial charge in [-0.25, -0.2) is 4.39 Å². The zero-order valence-corrected chi connectivity index (χ0v) is 10.9. The van der Waals surface area contributed by atoms with E-state index < -0.39 is 0 Å². The topological polar surface area (TPSA) is 30.5 Å². The lowest BCUT2D eigenvalue weighted by molar-refractivity contribution is 0.174. The first kappa shape index (κ1) is 11.7. The van der Waals surface area contributed by atoms with Crippen molar-refractivity contribution < 1.29 is 13.9 Å². The molecule has 2 aliphatic heterocycles. The molecule has 1 atom stereocenters. The van der Waals surface area contributed by atoms with Gasteiger partial charge < -0.3 is 14.8 Å². The molecule has 0 radical (unpaired) electrons. The first-order valence-electron chi connectivity index (χ1n) is 6.72. The second-order valence-corrected chi connectivity index (χ2v) is 5.09. The van der Waals surface area contributed by atoms with Gasteiger partial charge in [0.25, 0.3) is 0 Å². The molecule has 1 N–H and O–H groups in total. The fourth-order valence-electron chi connectivity index (χ4n) is 2.90. The van der Waals surface area contributed by atoms with E-state index in [2.05, 4.69) is 11.4 Å². The Kier molecular flexibility index (Phi) is 2.63. The van der Waals surface area contributed by atoms with E-state index in [1.807, 2.05) is 18.2 Å². The summed E-state index contributed by atoms with van der Waals surface area (Å²) in [7, 11) is 0. The van der Waals surface area contributed by atoms with Crippen LogP contribution in [-0.2, 0) is 6.42 Å². The Labute approximate surface area is 116 Å². The largest absolute Gasteiger partial charge is 0.454 e. The van der Waals surface area contributed by atoms with E-state index in [9.17, 15) is 4.39 Å². The Morgan fingerprint density at radius 1 is 1.05 bits per heavy atom. The molecule has 4 heteroatoms. The molecular weight excluding hydrogens is 257 g/mol. The molecule has 20 heavy (non-hydrogen) atoms. The minimum absolute atomic E-state index is 0.0776. The molecule has 4 rings (SSSR count). The zero-order chi connectivity index (χ0) is 13.5. The predicted molar refractivity (Wildman–Crippen MR) is 72.5 cm³/mol. The van der Waals surface area contributed by atoms with Gasteiger partial charge in [0, 0.05) is 6.54 Å². The number of fused-ring (bicyclic) bond motifs is 2. The highest BCUT2D eigenvalue weighted by atomic mass is 19.1. The fourth-order valence-corrected chi connectivity index (χ4v) is 2.90. The van der Waals surface area contributed by atoms with Crippen LogP contribution < -0.4 is 14.8 Å². The summed E-state index contributed by atoms with van der Waals surface area (Å²) in [5, 5.41) is 3.48. The maximum absolute atomic E-state index is 13.1. The number of rotatable bonds is 1. The molecular formula is C16H14FNO2. The second-order valence-electron chi connectivity index (χ2n) is 5.09. The number of benzene rings is 2. The summed E-state index contributed by atoms with van der Waals surface area (Å²) in [4.78, 5) is 0. The van der Waals surface area contributed by atoms with Crippen LogP contribution >= 0.6 is 0 Å². The van der Waals surface area contributed by atoms with Crippen LogP contribution in [0, 0.1) is 5.82 Å². The van der Waals surface area contributed by atoms with Crippen molar-refractivity contribution in [3.63, 3.8) is 0 Å². The van der Waals surface area contributed by atoms with Crippen molar-refractivity contribution in [2.24, 2.45) is 0 Å². The Morgan fingerprint density at radius 3 is 2.60 bits per heavy atom. The standard InChI is InChI=1S/C16H14FNO2/c17-12-3-1-10(2-4-12)16-13-8-15-14(19-9-20-15)7-11(13)5-6-18-16/h1-4,7-8,16,18H,5-6,9H2. The number of halogens is 1. The Balaban J connectivity index is 1.79. The maximum atomic E-state index is 13.1. The number of ether oxygens (including phenoxy) is 2. The number of hydrogen-bond donors (Lipinski definition) is 1. The molecule has 0 spiro atoms. The van der Waals surface area contributed by atoms with Crippen molar-refractivity contribution in [3.8, 4) is 11.5 Å². The highest BCUT2D eigenvalue weighted by molar-refractivity contribution is 5.52. The van der Waals surface area contributed by atoms with Crippen LogP contribution in [0.5, 0.6) is 11.5 Å². The molecule has 2 heterocycles. The first-order valence-corrected chi connectivity index (χ1v) is 6.72. The fraction of sp³-hybridized carbons (Fsp3) is 0.250. The van der Waals surface area contributed by atoms with Crippen LogP contribution in [0.25, 0.3) is 0 Å². The molecule has 3 nitrogen and oxygen atoms in total. The number of hydrogen-bond acceptors (Lipinski definition) is 3. The molecule has 0 saturated heterocycles. The average Bonchev–Trinajstić information content (AvgIpc) is 2.92. The lowest BCUT2D eigenvalue weighted by Crippen LogP contribution is -2.30. The highest BCUT2D eigenvalue weighted by Gasteiger charge is 2.25. The van der Waals surface area contributed by atoms with Gasteiger partial charge in [0.15, 0.2) is 11.5 Å². The summed E-state index contributed by atoms with van der Waals surface area (Å²) in [6, 6.07) is 10.8. The van der Waals surface area contributed by atoms with Crippen molar-refractivity contribution in [3.05, 3.63) is 58.9 Å². The normalized spacial score (nSPS) is 19.8. The van der Waals surface area contributed by atoms with Gasteiger partial charge >= 0.3 is 0 Å². The van der Waals surface area contributed by atoms with Crippen molar-refractivity contribution >= 4 is 0 Å². The molecule has 2 aromatic rings. The third kappa shape index (κ3) is 1.84. The quantitative estimate of drug-likeness (QED) is 0.865. The molecule has 0 fully saturated rings. The van der Waals surface area contributed by atoms with Crippen LogP contribution in [0.2, 0.25) is 0 Å². The van der Waals surface area contributed by atoms with Crippen molar-refractivity contribution in [1.29, 1.82) is 0 Å². The van der Waals surface area contributed by atoms with Crippen LogP contribution in [0.15, 0.2) is 36.4 Å². The first-order chi connectivity index (χ1) is 9.81. The van der Waals surface area contributed by atoms with E-state index in [-0.39, 0.29) is 18.7 Å². The smallest absolute Gasteiger partial charge is 0.231 e. The van der Waals surface area contributed by atoms with E-state index >= 15 is 0 Å². The van der Waals surface area contributed by atoms with Crippen molar-refractivity contribution in [1.82, 2.24) is 5.32 Å². The lowest BCUT2D eigenvalue weighted by Gasteiger charge is -2.27. The van der Waals surface area contributed by atoms with Crippen molar-refractivity contribution in [2.45, 2.75) is 12.5 Å². The Hall–Kier alpha value is -2.07. The maximum Gasteiger partial charge on any atom is 0.231 e. The summed E-state index contributed by atoms with van der Waals surface area (Å²) >= 11 is 0. The van der Waals surface area contributed by atoms with Gasteiger partial charge in [0.2, 0.25) is 6.79 Å². The van der Waals surface area contributed by atoms with E-state index in [0.29, 0.717) is 0 Å². The SMILES string of the molecule is Fc1ccc(C2NCCc3cc4c(cc32)OCO4)cc1. The van der Waals surface area contributed by atoms with Crippen LogP contribution in [0.4, 0.5) is 4.39 Å². The summed E-state index contributed by atoms with van der Waals surface area (Å²) in [6.45, 7) is 1.18. The summed E-state index contributed by atoms with van der Waals surface area (Å²) in [6.07, 6.45) is 0.962. The molecule has 0 saturated carbocycles. The number of nitrogens with one attached hydrogen (secondary N) is 1. The Morgan fingerprint density at radius 2 is 1.80 bits per heavy atom. The van der Waals surface area contributed by atoms with E-state index in [1.54, 1.807) is 0 Å². The molecule has 2 aromatic carbocycles. The zero-order valence-electron chi connectivity index (χ0n) is 10.9. The second kappa shape index (κ2) is 4.49. The van der Waals surface area contributed by atoms with Gasteiger partial charge in [-0.1, -0.05) is 12.1 Å². The minimum Gasteiger partial charge on any atom is -0.454 e. The monoisotopic (exact) mass is 271 g/mol. The predicted octanol–water partition coefficient (Wildman–Crippen LogP) is 2.79. The third-order valence-electron chi connectivity index (χ3n) is 3.89. The minimum atomic E-state index is -0.213. The molecule has 1 unspecified atom stereocenters. The summed E-state index contributed by atoms with van der Waals surface area (Å²) < 4.78 is 24.0. The average molecular weight is 271 g/mol. The van der Waals surface area contributed by atoms with Gasteiger partial charge in [-0.3, -0.25) is 0 Å². The highest BCUT2D eigenvalue weighted by Crippen LogP contribution is 2.39.